The second kappa shape index (κ2) is 4.49. The Labute approximate surface area is 71.8 Å². The SMILES string of the molecule is [CH2]NC(=O)CCc1cccnc1. The van der Waals surface area contributed by atoms with Gasteiger partial charge in [0.2, 0.25) is 5.91 Å². The van der Waals surface area contributed by atoms with E-state index in [4.69, 9.17) is 0 Å². The molecule has 3 heteroatoms. The highest BCUT2D eigenvalue weighted by molar-refractivity contribution is 5.76. The van der Waals surface area contributed by atoms with Crippen LogP contribution in [-0.2, 0) is 11.2 Å². The first-order valence-corrected chi connectivity index (χ1v) is 3.78. The minimum atomic E-state index is -0.0427. The number of pyridine rings is 1. The summed E-state index contributed by atoms with van der Waals surface area (Å²) in [5.74, 6) is -0.0427. The van der Waals surface area contributed by atoms with Crippen LogP contribution in [-0.4, -0.2) is 10.9 Å². The summed E-state index contributed by atoms with van der Waals surface area (Å²) >= 11 is 0. The standard InChI is InChI=1S/C9H11N2O/c1-10-9(12)5-4-8-3-2-6-11-7-8/h2-3,6-7H,1,4-5H2,(H,10,12). The van der Waals surface area contributed by atoms with Gasteiger partial charge in [-0.3, -0.25) is 9.78 Å². The summed E-state index contributed by atoms with van der Waals surface area (Å²) in [6.45, 7) is 0. The minimum Gasteiger partial charge on any atom is -0.354 e. The third kappa shape index (κ3) is 2.70. The van der Waals surface area contributed by atoms with Gasteiger partial charge in [-0.1, -0.05) is 6.07 Å². The highest BCUT2D eigenvalue weighted by atomic mass is 16.1. The smallest absolute Gasteiger partial charge is 0.220 e. The number of aryl methyl sites for hydroxylation is 1. The third-order valence-electron chi connectivity index (χ3n) is 1.56. The molecule has 0 saturated carbocycles. The quantitative estimate of drug-likeness (QED) is 0.720. The predicted octanol–water partition coefficient (Wildman–Crippen LogP) is 0.922. The monoisotopic (exact) mass is 163 g/mol. The van der Waals surface area contributed by atoms with Crippen LogP contribution < -0.4 is 5.32 Å². The van der Waals surface area contributed by atoms with Gasteiger partial charge in [-0.05, 0) is 18.1 Å². The maximum Gasteiger partial charge on any atom is 0.220 e. The maximum atomic E-state index is 10.8. The molecule has 3 nitrogen and oxygen atoms in total. The fourth-order valence-corrected chi connectivity index (χ4v) is 0.892. The van der Waals surface area contributed by atoms with Gasteiger partial charge in [-0.15, -0.1) is 0 Å². The van der Waals surface area contributed by atoms with Crippen LogP contribution in [0.1, 0.15) is 12.0 Å². The largest absolute Gasteiger partial charge is 0.354 e. The summed E-state index contributed by atoms with van der Waals surface area (Å²) in [6.07, 6.45) is 4.66. The van der Waals surface area contributed by atoms with Gasteiger partial charge in [0.05, 0.1) is 0 Å². The van der Waals surface area contributed by atoms with Crippen LogP contribution in [0.15, 0.2) is 24.5 Å². The van der Waals surface area contributed by atoms with E-state index in [1.807, 2.05) is 12.1 Å². The van der Waals surface area contributed by atoms with Crippen molar-refractivity contribution in [1.82, 2.24) is 10.3 Å². The number of hydrogen-bond donors (Lipinski definition) is 1. The predicted molar refractivity (Wildman–Crippen MR) is 46.1 cm³/mol. The molecular weight excluding hydrogens is 152 g/mol. The van der Waals surface area contributed by atoms with E-state index >= 15 is 0 Å². The lowest BCUT2D eigenvalue weighted by Gasteiger charge is -1.98. The van der Waals surface area contributed by atoms with Crippen molar-refractivity contribution in [2.75, 3.05) is 0 Å². The van der Waals surface area contributed by atoms with Crippen LogP contribution in [0.3, 0.4) is 0 Å². The van der Waals surface area contributed by atoms with E-state index in [2.05, 4.69) is 17.3 Å². The molecule has 12 heavy (non-hydrogen) atoms. The molecule has 0 aromatic carbocycles. The highest BCUT2D eigenvalue weighted by Crippen LogP contribution is 1.99. The number of hydrogen-bond acceptors (Lipinski definition) is 2. The molecule has 0 spiro atoms. The molecule has 63 valence electrons. The molecule has 1 aromatic rings. The Morgan fingerprint density at radius 2 is 2.50 bits per heavy atom. The van der Waals surface area contributed by atoms with Gasteiger partial charge >= 0.3 is 0 Å². The molecule has 1 radical (unpaired) electrons. The lowest BCUT2D eigenvalue weighted by Crippen LogP contribution is -2.15. The Morgan fingerprint density at radius 3 is 3.08 bits per heavy atom. The number of carbonyl (C=O) groups is 1. The summed E-state index contributed by atoms with van der Waals surface area (Å²) in [7, 11) is 3.28. The van der Waals surface area contributed by atoms with Crippen molar-refractivity contribution < 1.29 is 4.79 Å². The van der Waals surface area contributed by atoms with Crippen molar-refractivity contribution in [3.05, 3.63) is 37.1 Å². The van der Waals surface area contributed by atoms with Crippen LogP contribution in [0, 0.1) is 7.05 Å². The zero-order chi connectivity index (χ0) is 8.81. The Balaban J connectivity index is 2.38. The van der Waals surface area contributed by atoms with E-state index in [-0.39, 0.29) is 5.91 Å². The molecular formula is C9H11N2O. The molecule has 1 amide bonds. The van der Waals surface area contributed by atoms with Crippen LogP contribution in [0.2, 0.25) is 0 Å². The fraction of sp³-hybridized carbons (Fsp3) is 0.222. The Bertz CT molecular complexity index is 246. The Hall–Kier alpha value is -1.38. The topological polar surface area (TPSA) is 42.0 Å². The molecule has 0 aliphatic rings. The fourth-order valence-electron chi connectivity index (χ4n) is 0.892. The second-order valence-corrected chi connectivity index (χ2v) is 2.46. The van der Waals surface area contributed by atoms with Crippen LogP contribution in [0.5, 0.6) is 0 Å². The minimum absolute atomic E-state index is 0.0427. The summed E-state index contributed by atoms with van der Waals surface area (Å²) < 4.78 is 0. The average molecular weight is 163 g/mol. The van der Waals surface area contributed by atoms with Crippen LogP contribution >= 0.6 is 0 Å². The summed E-state index contributed by atoms with van der Waals surface area (Å²) in [4.78, 5) is 14.7. The van der Waals surface area contributed by atoms with Gasteiger partial charge in [0.15, 0.2) is 0 Å². The van der Waals surface area contributed by atoms with E-state index in [1.165, 1.54) is 0 Å². The molecule has 1 heterocycles. The Morgan fingerprint density at radius 1 is 1.67 bits per heavy atom. The highest BCUT2D eigenvalue weighted by Gasteiger charge is 1.98. The number of nitrogens with one attached hydrogen (secondary N) is 1. The molecule has 0 aliphatic carbocycles. The third-order valence-corrected chi connectivity index (χ3v) is 1.56. The molecule has 0 aliphatic heterocycles. The van der Waals surface area contributed by atoms with E-state index < -0.39 is 0 Å². The number of carbonyl (C=O) groups excluding carboxylic acids is 1. The first kappa shape index (κ1) is 8.71. The van der Waals surface area contributed by atoms with Gasteiger partial charge < -0.3 is 5.32 Å². The van der Waals surface area contributed by atoms with Gasteiger partial charge in [-0.25, -0.2) is 0 Å². The molecule has 0 saturated heterocycles. The average Bonchev–Trinajstić information content (AvgIpc) is 2.16. The van der Waals surface area contributed by atoms with Gasteiger partial charge in [-0.2, -0.15) is 0 Å². The van der Waals surface area contributed by atoms with E-state index in [9.17, 15) is 4.79 Å². The molecule has 1 aromatic heterocycles. The van der Waals surface area contributed by atoms with Gasteiger partial charge in [0.1, 0.15) is 0 Å². The van der Waals surface area contributed by atoms with E-state index in [1.54, 1.807) is 12.4 Å². The molecule has 0 atom stereocenters. The van der Waals surface area contributed by atoms with Crippen molar-refractivity contribution in [2.24, 2.45) is 0 Å². The molecule has 1 N–H and O–H groups in total. The van der Waals surface area contributed by atoms with E-state index in [0.717, 1.165) is 12.0 Å². The van der Waals surface area contributed by atoms with Crippen molar-refractivity contribution >= 4 is 5.91 Å². The lowest BCUT2D eigenvalue weighted by molar-refractivity contribution is -0.120. The van der Waals surface area contributed by atoms with Crippen molar-refractivity contribution in [1.29, 1.82) is 0 Å². The molecule has 0 unspecified atom stereocenters. The number of nitrogens with zero attached hydrogens (tertiary/aromatic N) is 1. The number of rotatable bonds is 3. The summed E-state index contributed by atoms with van der Waals surface area (Å²) in [5.41, 5.74) is 1.07. The van der Waals surface area contributed by atoms with Crippen molar-refractivity contribution in [3.63, 3.8) is 0 Å². The molecule has 1 rings (SSSR count). The first-order chi connectivity index (χ1) is 5.83. The Kier molecular flexibility index (Phi) is 3.26. The first-order valence-electron chi connectivity index (χ1n) is 3.78. The van der Waals surface area contributed by atoms with Gasteiger partial charge in [0.25, 0.3) is 0 Å². The normalized spacial score (nSPS) is 9.42. The zero-order valence-corrected chi connectivity index (χ0v) is 6.79. The maximum absolute atomic E-state index is 10.8. The zero-order valence-electron chi connectivity index (χ0n) is 6.79. The van der Waals surface area contributed by atoms with Crippen LogP contribution in [0.4, 0.5) is 0 Å². The second-order valence-electron chi connectivity index (χ2n) is 2.46. The van der Waals surface area contributed by atoms with Crippen molar-refractivity contribution in [3.8, 4) is 0 Å². The van der Waals surface area contributed by atoms with Crippen molar-refractivity contribution in [2.45, 2.75) is 12.8 Å². The van der Waals surface area contributed by atoms with Crippen LogP contribution in [0.25, 0.3) is 0 Å². The molecule has 0 fully saturated rings. The number of aromatic nitrogens is 1. The number of amides is 1. The molecule has 0 bridgehead atoms. The summed E-state index contributed by atoms with van der Waals surface area (Å²) in [6, 6.07) is 3.81. The van der Waals surface area contributed by atoms with E-state index in [0.29, 0.717) is 6.42 Å². The van der Waals surface area contributed by atoms with Gasteiger partial charge in [0, 0.05) is 25.9 Å². The lowest BCUT2D eigenvalue weighted by atomic mass is 10.1. The summed E-state index contributed by atoms with van der Waals surface area (Å²) in [5, 5.41) is 2.33.